The van der Waals surface area contributed by atoms with E-state index < -0.39 is 30.1 Å². The van der Waals surface area contributed by atoms with Crippen LogP contribution >= 0.6 is 12.2 Å². The van der Waals surface area contributed by atoms with Crippen molar-refractivity contribution >= 4 is 23.0 Å². The molecular formula is C35H38N4O6S. The zero-order chi connectivity index (χ0) is 32.3. The molecule has 0 unspecified atom stereocenters. The molecule has 2 aliphatic rings. The van der Waals surface area contributed by atoms with Gasteiger partial charge in [0.05, 0.1) is 40.4 Å². The third-order valence-corrected chi connectivity index (χ3v) is 8.96. The average molecular weight is 643 g/mol. The summed E-state index contributed by atoms with van der Waals surface area (Å²) in [6, 6.07) is 25.6. The maximum absolute atomic E-state index is 11.7. The summed E-state index contributed by atoms with van der Waals surface area (Å²) < 4.78 is 32.5. The second-order valence-corrected chi connectivity index (χ2v) is 11.5. The van der Waals surface area contributed by atoms with Crippen LogP contribution in [0.3, 0.4) is 0 Å². The summed E-state index contributed by atoms with van der Waals surface area (Å²) in [5.74, 6) is 2.16. The van der Waals surface area contributed by atoms with Gasteiger partial charge in [-0.15, -0.1) is 6.58 Å². The molecule has 3 aromatic carbocycles. The standard InChI is InChI=1S/C35H38N4O6S/c1-5-19-43-31-30(40)28(45-33(31)39-22-36-29-32(39)37-21-38(2)34(29)46)20-44-35(23-9-7-6-8-10-23,24-11-15-26(41-3)16-12-24)25-13-17-27(42-4)18-14-25/h5-18,22,28,30-31,33,37,40H,1,19-21H2,2-4H3/t28-,30-,31-,33-/m1/s1. The summed E-state index contributed by atoms with van der Waals surface area (Å²) in [4.78, 5) is 7.09. The number of nitrogens with one attached hydrogen (secondary N) is 1. The number of fused-ring (bicyclic) bond motifs is 1. The number of aliphatic hydroxyl groups excluding tert-OH is 1. The minimum atomic E-state index is -1.08. The normalized spacial score (nSPS) is 21.0. The third-order valence-electron chi connectivity index (χ3n) is 8.46. The van der Waals surface area contributed by atoms with Crippen molar-refractivity contribution in [3.8, 4) is 11.5 Å². The van der Waals surface area contributed by atoms with Crippen LogP contribution in [0.1, 0.15) is 28.6 Å². The van der Waals surface area contributed by atoms with Gasteiger partial charge in [0.2, 0.25) is 0 Å². The molecule has 2 aliphatic heterocycles. The highest BCUT2D eigenvalue weighted by atomic mass is 32.1. The molecule has 6 rings (SSSR count). The van der Waals surface area contributed by atoms with Crippen molar-refractivity contribution in [2.75, 3.05) is 46.5 Å². The van der Waals surface area contributed by atoms with Crippen LogP contribution < -0.4 is 14.8 Å². The molecule has 0 bridgehead atoms. The smallest absolute Gasteiger partial charge is 0.166 e. The van der Waals surface area contributed by atoms with Gasteiger partial charge >= 0.3 is 0 Å². The number of methoxy groups -OCH3 is 2. The van der Waals surface area contributed by atoms with E-state index in [9.17, 15) is 5.11 Å². The van der Waals surface area contributed by atoms with Crippen LogP contribution in [0.2, 0.25) is 0 Å². The van der Waals surface area contributed by atoms with E-state index in [1.54, 1.807) is 26.6 Å². The van der Waals surface area contributed by atoms with Crippen molar-refractivity contribution in [2.45, 2.75) is 30.1 Å². The molecule has 0 saturated carbocycles. The third kappa shape index (κ3) is 5.76. The lowest BCUT2D eigenvalue weighted by atomic mass is 9.80. The molecule has 4 aromatic rings. The molecule has 4 atom stereocenters. The first-order valence-corrected chi connectivity index (χ1v) is 15.4. The lowest BCUT2D eigenvalue weighted by molar-refractivity contribution is -0.0958. The zero-order valence-corrected chi connectivity index (χ0v) is 26.9. The molecule has 0 radical (unpaired) electrons. The lowest BCUT2D eigenvalue weighted by Gasteiger charge is -2.37. The minimum absolute atomic E-state index is 0.0318. The maximum Gasteiger partial charge on any atom is 0.166 e. The summed E-state index contributed by atoms with van der Waals surface area (Å²) in [5.41, 5.74) is 2.22. The Kier molecular flexibility index (Phi) is 9.39. The van der Waals surface area contributed by atoms with Crippen molar-refractivity contribution in [1.29, 1.82) is 0 Å². The second-order valence-electron chi connectivity index (χ2n) is 11.1. The molecule has 46 heavy (non-hydrogen) atoms. The topological polar surface area (TPSA) is 99.5 Å². The molecule has 1 aromatic heterocycles. The van der Waals surface area contributed by atoms with Gasteiger partial charge in [0.1, 0.15) is 51.9 Å². The van der Waals surface area contributed by atoms with E-state index in [4.69, 9.17) is 35.9 Å². The van der Waals surface area contributed by atoms with Gasteiger partial charge < -0.3 is 39.0 Å². The monoisotopic (exact) mass is 642 g/mol. The van der Waals surface area contributed by atoms with Gasteiger partial charge in [-0.3, -0.25) is 4.57 Å². The Balaban J connectivity index is 1.39. The zero-order valence-electron chi connectivity index (χ0n) is 26.0. The van der Waals surface area contributed by atoms with Crippen LogP contribution in [0.15, 0.2) is 97.8 Å². The molecule has 1 saturated heterocycles. The number of aliphatic hydroxyl groups is 1. The number of hydrogen-bond acceptors (Lipinski definition) is 9. The highest BCUT2D eigenvalue weighted by molar-refractivity contribution is 7.80. The van der Waals surface area contributed by atoms with Gasteiger partial charge in [0, 0.05) is 7.05 Å². The molecule has 10 nitrogen and oxygen atoms in total. The van der Waals surface area contributed by atoms with Crippen molar-refractivity contribution in [3.05, 3.63) is 120 Å². The Hall–Kier alpha value is -4.26. The number of aromatic nitrogens is 2. The van der Waals surface area contributed by atoms with Gasteiger partial charge in [-0.1, -0.05) is 72.9 Å². The first-order chi connectivity index (χ1) is 22.4. The largest absolute Gasteiger partial charge is 0.497 e. The number of nitrogens with zero attached hydrogens (tertiary/aromatic N) is 3. The lowest BCUT2D eigenvalue weighted by Crippen LogP contribution is -2.40. The predicted octanol–water partition coefficient (Wildman–Crippen LogP) is 4.73. The van der Waals surface area contributed by atoms with Crippen molar-refractivity contribution in [3.63, 3.8) is 0 Å². The fourth-order valence-corrected chi connectivity index (χ4v) is 6.27. The van der Waals surface area contributed by atoms with E-state index in [1.807, 2.05) is 95.4 Å². The molecule has 0 aliphatic carbocycles. The summed E-state index contributed by atoms with van der Waals surface area (Å²) in [6.07, 6.45) is 0.0982. The Labute approximate surface area is 274 Å². The highest BCUT2D eigenvalue weighted by Crippen LogP contribution is 2.43. The summed E-state index contributed by atoms with van der Waals surface area (Å²) >= 11 is 5.61. The Morgan fingerprint density at radius 1 is 1.00 bits per heavy atom. The van der Waals surface area contributed by atoms with E-state index in [1.165, 1.54) is 0 Å². The van der Waals surface area contributed by atoms with Crippen LogP contribution in [-0.2, 0) is 19.8 Å². The maximum atomic E-state index is 11.7. The number of ether oxygens (including phenoxy) is 5. The van der Waals surface area contributed by atoms with E-state index in [0.717, 1.165) is 28.2 Å². The SMILES string of the molecule is C=CCO[C@@H]1[C@H](O)[C@@H](COC(c2ccccc2)(c2ccc(OC)cc2)c2ccc(OC)cc2)O[C@H]1n1cnc2c1NCN(C)C2=S. The Bertz CT molecular complexity index is 1600. The van der Waals surface area contributed by atoms with Crippen LogP contribution in [0.25, 0.3) is 0 Å². The number of hydrogen-bond donors (Lipinski definition) is 2. The summed E-state index contributed by atoms with van der Waals surface area (Å²) in [6.45, 7) is 4.57. The first kappa shape index (κ1) is 31.7. The number of imidazole rings is 1. The van der Waals surface area contributed by atoms with Crippen molar-refractivity contribution in [2.24, 2.45) is 0 Å². The Morgan fingerprint density at radius 3 is 2.20 bits per heavy atom. The van der Waals surface area contributed by atoms with Crippen LogP contribution in [-0.4, -0.2) is 84.0 Å². The molecule has 0 amide bonds. The minimum Gasteiger partial charge on any atom is -0.497 e. The van der Waals surface area contributed by atoms with E-state index in [-0.39, 0.29) is 13.2 Å². The molecule has 3 heterocycles. The highest BCUT2D eigenvalue weighted by Gasteiger charge is 2.48. The fourth-order valence-electron chi connectivity index (χ4n) is 6.05. The quantitative estimate of drug-likeness (QED) is 0.128. The first-order valence-electron chi connectivity index (χ1n) is 15.0. The van der Waals surface area contributed by atoms with Gasteiger partial charge in [0.25, 0.3) is 0 Å². The predicted molar refractivity (Wildman–Crippen MR) is 178 cm³/mol. The average Bonchev–Trinajstić information content (AvgIpc) is 3.67. The van der Waals surface area contributed by atoms with E-state index in [2.05, 4.69) is 16.9 Å². The van der Waals surface area contributed by atoms with Gasteiger partial charge in [0.15, 0.2) is 6.23 Å². The molecule has 240 valence electrons. The van der Waals surface area contributed by atoms with Gasteiger partial charge in [-0.2, -0.15) is 0 Å². The Morgan fingerprint density at radius 2 is 1.61 bits per heavy atom. The van der Waals surface area contributed by atoms with Crippen LogP contribution in [0.5, 0.6) is 11.5 Å². The number of benzene rings is 3. The van der Waals surface area contributed by atoms with Crippen molar-refractivity contribution < 1.29 is 28.8 Å². The van der Waals surface area contributed by atoms with E-state index in [0.29, 0.717) is 23.2 Å². The summed E-state index contributed by atoms with van der Waals surface area (Å²) in [7, 11) is 5.18. The molecule has 11 heteroatoms. The van der Waals surface area contributed by atoms with Gasteiger partial charge in [-0.05, 0) is 41.0 Å². The molecular weight excluding hydrogens is 604 g/mol. The van der Waals surface area contributed by atoms with E-state index >= 15 is 0 Å². The molecule has 1 fully saturated rings. The van der Waals surface area contributed by atoms with Gasteiger partial charge in [-0.25, -0.2) is 4.98 Å². The number of thiocarbonyl (C=S) groups is 1. The number of anilines is 1. The second kappa shape index (κ2) is 13.6. The molecule has 0 spiro atoms. The van der Waals surface area contributed by atoms with Crippen molar-refractivity contribution in [1.82, 2.24) is 14.5 Å². The fraction of sp³-hybridized carbons (Fsp3) is 0.314. The van der Waals surface area contributed by atoms with Crippen LogP contribution in [0, 0.1) is 0 Å². The van der Waals surface area contributed by atoms with Crippen LogP contribution in [0.4, 0.5) is 5.82 Å². The number of rotatable bonds is 12. The molecule has 2 N–H and O–H groups in total. The summed E-state index contributed by atoms with van der Waals surface area (Å²) in [5, 5.41) is 15.1.